The van der Waals surface area contributed by atoms with Crippen molar-refractivity contribution in [1.29, 1.82) is 0 Å². The number of halogens is 2. The van der Waals surface area contributed by atoms with Crippen molar-refractivity contribution in [1.82, 2.24) is 5.32 Å². The molecule has 0 fully saturated rings. The largest absolute Gasteiger partial charge is 0.452 e. The summed E-state index contributed by atoms with van der Waals surface area (Å²) in [6.07, 6.45) is 1.64. The molecule has 1 amide bonds. The summed E-state index contributed by atoms with van der Waals surface area (Å²) in [5.41, 5.74) is 2.23. The van der Waals surface area contributed by atoms with E-state index >= 15 is 0 Å². The molecule has 2 unspecified atom stereocenters. The lowest BCUT2D eigenvalue weighted by atomic mass is 10.1. The summed E-state index contributed by atoms with van der Waals surface area (Å²) in [4.78, 5) is 24.6. The van der Waals surface area contributed by atoms with E-state index in [0.717, 1.165) is 11.8 Å². The number of rotatable bonds is 6. The molecule has 0 saturated heterocycles. The van der Waals surface area contributed by atoms with E-state index in [-0.39, 0.29) is 11.6 Å². The monoisotopic (exact) mass is 484 g/mol. The van der Waals surface area contributed by atoms with Gasteiger partial charge in [-0.05, 0) is 61.7 Å². The second-order valence-electron chi connectivity index (χ2n) is 7.49. The van der Waals surface area contributed by atoms with E-state index in [2.05, 4.69) is 5.32 Å². The van der Waals surface area contributed by atoms with Gasteiger partial charge in [0.2, 0.25) is 10.0 Å². The number of carbonyl (C=O) groups is 2. The van der Waals surface area contributed by atoms with E-state index in [0.29, 0.717) is 27.7 Å². The van der Waals surface area contributed by atoms with Gasteiger partial charge in [-0.3, -0.25) is 9.10 Å². The SMILES string of the molecule is CC(NC(=O)COC(=O)c1ccc2c(c1)CC(C)N2S(C)(=O)=O)c1ccc(Cl)cc1Cl. The Balaban J connectivity index is 1.61. The van der Waals surface area contributed by atoms with Crippen LogP contribution in [-0.4, -0.2) is 39.2 Å². The molecule has 31 heavy (non-hydrogen) atoms. The number of sulfonamides is 1. The van der Waals surface area contributed by atoms with Crippen LogP contribution in [-0.2, 0) is 26.0 Å². The first-order valence-electron chi connectivity index (χ1n) is 9.51. The summed E-state index contributed by atoms with van der Waals surface area (Å²) in [5.74, 6) is -1.15. The Kier molecular flexibility index (Phi) is 6.83. The number of benzene rings is 2. The second kappa shape index (κ2) is 9.06. The first kappa shape index (κ1) is 23.4. The average Bonchev–Trinajstić information content (AvgIpc) is 3.00. The van der Waals surface area contributed by atoms with Crippen LogP contribution in [0, 0.1) is 0 Å². The molecule has 1 aliphatic heterocycles. The zero-order valence-corrected chi connectivity index (χ0v) is 19.5. The minimum atomic E-state index is -3.41. The molecule has 10 heteroatoms. The Morgan fingerprint density at radius 1 is 1.23 bits per heavy atom. The van der Waals surface area contributed by atoms with E-state index in [9.17, 15) is 18.0 Å². The van der Waals surface area contributed by atoms with Gasteiger partial charge >= 0.3 is 5.97 Å². The lowest BCUT2D eigenvalue weighted by Gasteiger charge is -2.21. The Morgan fingerprint density at radius 3 is 2.58 bits per heavy atom. The molecule has 2 atom stereocenters. The summed E-state index contributed by atoms with van der Waals surface area (Å²) in [6, 6.07) is 9.02. The van der Waals surface area contributed by atoms with Crippen LogP contribution < -0.4 is 9.62 Å². The predicted octanol–water partition coefficient (Wildman–Crippen LogP) is 3.74. The number of amides is 1. The van der Waals surface area contributed by atoms with E-state index in [1.807, 2.05) is 0 Å². The summed E-state index contributed by atoms with van der Waals surface area (Å²) in [6.45, 7) is 3.10. The van der Waals surface area contributed by atoms with Gasteiger partial charge in [0, 0.05) is 16.1 Å². The summed E-state index contributed by atoms with van der Waals surface area (Å²) >= 11 is 12.0. The standard InChI is InChI=1S/C21H22Cl2N2O5S/c1-12-8-15-9-14(4-7-19(15)25(12)31(3,28)29)21(27)30-11-20(26)24-13(2)17-6-5-16(22)10-18(17)23/h4-7,9-10,12-13H,8,11H2,1-3H3,(H,24,26). The third kappa shape index (κ3) is 5.31. The summed E-state index contributed by atoms with van der Waals surface area (Å²) < 4.78 is 30.5. The maximum atomic E-state index is 12.4. The number of esters is 1. The molecule has 1 aliphatic rings. The molecule has 0 radical (unpaired) electrons. The minimum Gasteiger partial charge on any atom is -0.452 e. The van der Waals surface area contributed by atoms with Crippen LogP contribution in [0.3, 0.4) is 0 Å². The van der Waals surface area contributed by atoms with Crippen molar-refractivity contribution in [3.63, 3.8) is 0 Å². The van der Waals surface area contributed by atoms with Crippen molar-refractivity contribution in [2.24, 2.45) is 0 Å². The molecular formula is C21H22Cl2N2O5S. The molecule has 166 valence electrons. The number of nitrogens with zero attached hydrogens (tertiary/aromatic N) is 1. The van der Waals surface area contributed by atoms with Gasteiger partial charge in [0.25, 0.3) is 5.91 Å². The Bertz CT molecular complexity index is 1140. The van der Waals surface area contributed by atoms with Gasteiger partial charge in [0.1, 0.15) is 0 Å². The van der Waals surface area contributed by atoms with Gasteiger partial charge in [-0.1, -0.05) is 29.3 Å². The first-order chi connectivity index (χ1) is 14.5. The third-order valence-corrected chi connectivity index (χ3v) is 6.80. The Labute approximate surface area is 191 Å². The van der Waals surface area contributed by atoms with Crippen LogP contribution in [0.2, 0.25) is 10.0 Å². The fraction of sp³-hybridized carbons (Fsp3) is 0.333. The highest BCUT2D eigenvalue weighted by atomic mass is 35.5. The van der Waals surface area contributed by atoms with Gasteiger partial charge in [-0.15, -0.1) is 0 Å². The van der Waals surface area contributed by atoms with Crippen molar-refractivity contribution < 1.29 is 22.7 Å². The average molecular weight is 485 g/mol. The quantitative estimate of drug-likeness (QED) is 0.630. The van der Waals surface area contributed by atoms with Crippen molar-refractivity contribution in [2.75, 3.05) is 17.2 Å². The van der Waals surface area contributed by atoms with Crippen LogP contribution in [0.15, 0.2) is 36.4 Å². The predicted molar refractivity (Wildman–Crippen MR) is 120 cm³/mol. The maximum absolute atomic E-state index is 12.4. The number of ether oxygens (including phenoxy) is 1. The van der Waals surface area contributed by atoms with Crippen molar-refractivity contribution >= 4 is 50.8 Å². The normalized spacial score (nSPS) is 16.5. The van der Waals surface area contributed by atoms with Crippen LogP contribution in [0.25, 0.3) is 0 Å². The van der Waals surface area contributed by atoms with Gasteiger partial charge < -0.3 is 10.1 Å². The van der Waals surface area contributed by atoms with Crippen molar-refractivity contribution in [3.05, 3.63) is 63.1 Å². The first-order valence-corrected chi connectivity index (χ1v) is 12.1. The van der Waals surface area contributed by atoms with Gasteiger partial charge in [0.05, 0.1) is 23.5 Å². The highest BCUT2D eigenvalue weighted by molar-refractivity contribution is 7.92. The smallest absolute Gasteiger partial charge is 0.338 e. The highest BCUT2D eigenvalue weighted by Crippen LogP contribution is 2.34. The number of carbonyl (C=O) groups excluding carboxylic acids is 2. The molecule has 0 aliphatic carbocycles. The fourth-order valence-electron chi connectivity index (χ4n) is 3.66. The van der Waals surface area contributed by atoms with E-state index < -0.39 is 34.5 Å². The number of nitrogens with one attached hydrogen (secondary N) is 1. The molecule has 3 rings (SSSR count). The van der Waals surface area contributed by atoms with Crippen molar-refractivity contribution in [2.45, 2.75) is 32.4 Å². The molecule has 7 nitrogen and oxygen atoms in total. The summed E-state index contributed by atoms with van der Waals surface area (Å²) in [7, 11) is -3.41. The molecule has 1 heterocycles. The molecule has 0 saturated carbocycles. The summed E-state index contributed by atoms with van der Waals surface area (Å²) in [5, 5.41) is 3.63. The Hall–Kier alpha value is -2.29. The molecular weight excluding hydrogens is 463 g/mol. The molecule has 2 aromatic rings. The van der Waals surface area contributed by atoms with Crippen LogP contribution in [0.4, 0.5) is 5.69 Å². The van der Waals surface area contributed by atoms with E-state index in [4.69, 9.17) is 27.9 Å². The number of hydrogen-bond acceptors (Lipinski definition) is 5. The van der Waals surface area contributed by atoms with Crippen LogP contribution >= 0.6 is 23.2 Å². The van der Waals surface area contributed by atoms with E-state index in [1.165, 1.54) is 10.4 Å². The van der Waals surface area contributed by atoms with E-state index in [1.54, 1.807) is 44.2 Å². The van der Waals surface area contributed by atoms with Crippen molar-refractivity contribution in [3.8, 4) is 0 Å². The lowest BCUT2D eigenvalue weighted by molar-refractivity contribution is -0.124. The van der Waals surface area contributed by atoms with Gasteiger partial charge in [0.15, 0.2) is 6.61 Å². The van der Waals surface area contributed by atoms with Gasteiger partial charge in [-0.2, -0.15) is 0 Å². The highest BCUT2D eigenvalue weighted by Gasteiger charge is 2.33. The maximum Gasteiger partial charge on any atom is 0.338 e. The topological polar surface area (TPSA) is 92.8 Å². The zero-order chi connectivity index (χ0) is 22.9. The number of fused-ring (bicyclic) bond motifs is 1. The molecule has 2 aromatic carbocycles. The van der Waals surface area contributed by atoms with Gasteiger partial charge in [-0.25, -0.2) is 13.2 Å². The number of anilines is 1. The Morgan fingerprint density at radius 2 is 1.94 bits per heavy atom. The molecule has 0 bridgehead atoms. The molecule has 0 aromatic heterocycles. The second-order valence-corrected chi connectivity index (χ2v) is 10.2. The van der Waals surface area contributed by atoms with Crippen LogP contribution in [0.5, 0.6) is 0 Å². The fourth-order valence-corrected chi connectivity index (χ4v) is 5.50. The minimum absolute atomic E-state index is 0.233. The lowest BCUT2D eigenvalue weighted by Crippen LogP contribution is -2.34. The molecule has 1 N–H and O–H groups in total. The van der Waals surface area contributed by atoms with Crippen LogP contribution in [0.1, 0.15) is 41.4 Å². The zero-order valence-electron chi connectivity index (χ0n) is 17.2. The number of hydrogen-bond donors (Lipinski definition) is 1. The molecule has 0 spiro atoms. The third-order valence-electron chi connectivity index (χ3n) is 4.97.